The summed E-state index contributed by atoms with van der Waals surface area (Å²) in [5, 5.41) is 6.74. The van der Waals surface area contributed by atoms with E-state index in [4.69, 9.17) is 0 Å². The fourth-order valence-electron chi connectivity index (χ4n) is 1.28. The summed E-state index contributed by atoms with van der Waals surface area (Å²) in [6.45, 7) is 9.08. The van der Waals surface area contributed by atoms with Crippen LogP contribution in [0.15, 0.2) is 0 Å². The van der Waals surface area contributed by atoms with E-state index >= 15 is 0 Å². The van der Waals surface area contributed by atoms with Gasteiger partial charge in [-0.05, 0) is 13.0 Å². The summed E-state index contributed by atoms with van der Waals surface area (Å²) < 4.78 is 0. The molecule has 0 unspecified atom stereocenters. The van der Waals surface area contributed by atoms with Crippen LogP contribution in [-0.2, 0) is 0 Å². The predicted octanol–water partition coefficient (Wildman–Crippen LogP) is -0.151. The van der Waals surface area contributed by atoms with Crippen LogP contribution in [0, 0.1) is 0 Å². The van der Waals surface area contributed by atoms with Gasteiger partial charge in [-0.1, -0.05) is 6.92 Å². The Morgan fingerprint density at radius 2 is 2.09 bits per heavy atom. The Hall–Kier alpha value is -0.120. The lowest BCUT2D eigenvalue weighted by Crippen LogP contribution is -2.47. The fraction of sp³-hybridized carbons (Fsp3) is 1.00. The maximum atomic E-state index is 3.40. The summed E-state index contributed by atoms with van der Waals surface area (Å²) in [5.74, 6) is 0. The van der Waals surface area contributed by atoms with E-state index < -0.39 is 0 Å². The second kappa shape index (κ2) is 5.52. The van der Waals surface area contributed by atoms with Crippen LogP contribution in [0.5, 0.6) is 0 Å². The van der Waals surface area contributed by atoms with Crippen LogP contribution < -0.4 is 10.6 Å². The molecule has 0 bridgehead atoms. The van der Waals surface area contributed by atoms with Crippen molar-refractivity contribution in [2.24, 2.45) is 0 Å². The van der Waals surface area contributed by atoms with Crippen LogP contribution >= 0.6 is 0 Å². The molecule has 0 aliphatic carbocycles. The van der Waals surface area contributed by atoms with Gasteiger partial charge in [0, 0.05) is 32.8 Å². The SMILES string of the molecule is CCCNCN1CCNCC1. The van der Waals surface area contributed by atoms with Gasteiger partial charge in [0.1, 0.15) is 0 Å². The average Bonchev–Trinajstić information content (AvgIpc) is 2.07. The molecule has 0 atom stereocenters. The first-order valence-electron chi connectivity index (χ1n) is 4.57. The average molecular weight is 157 g/mol. The second-order valence-electron chi connectivity index (χ2n) is 3.03. The molecule has 0 spiro atoms. The van der Waals surface area contributed by atoms with E-state index in [-0.39, 0.29) is 0 Å². The normalized spacial score (nSPS) is 20.5. The van der Waals surface area contributed by atoms with E-state index in [9.17, 15) is 0 Å². The zero-order valence-corrected chi connectivity index (χ0v) is 7.40. The molecule has 1 rings (SSSR count). The molecule has 3 nitrogen and oxygen atoms in total. The zero-order chi connectivity index (χ0) is 7.94. The molecule has 0 saturated carbocycles. The second-order valence-corrected chi connectivity index (χ2v) is 3.03. The number of hydrogen-bond donors (Lipinski definition) is 2. The van der Waals surface area contributed by atoms with Crippen molar-refractivity contribution in [1.82, 2.24) is 15.5 Å². The highest BCUT2D eigenvalue weighted by Gasteiger charge is 2.06. The lowest BCUT2D eigenvalue weighted by molar-refractivity contribution is 0.224. The Bertz CT molecular complexity index is 89.3. The van der Waals surface area contributed by atoms with Crippen molar-refractivity contribution in [3.63, 3.8) is 0 Å². The maximum Gasteiger partial charge on any atom is 0.0481 e. The first kappa shape index (κ1) is 8.97. The molecule has 1 aliphatic rings. The minimum Gasteiger partial charge on any atom is -0.314 e. The number of hydrogen-bond acceptors (Lipinski definition) is 3. The third kappa shape index (κ3) is 3.70. The first-order valence-corrected chi connectivity index (χ1v) is 4.57. The van der Waals surface area contributed by atoms with Gasteiger partial charge in [0.05, 0.1) is 0 Å². The predicted molar refractivity (Wildman–Crippen MR) is 47.6 cm³/mol. The molecule has 3 heteroatoms. The topological polar surface area (TPSA) is 27.3 Å². The highest BCUT2D eigenvalue weighted by atomic mass is 15.2. The first-order chi connectivity index (χ1) is 5.43. The Morgan fingerprint density at radius 3 is 2.73 bits per heavy atom. The van der Waals surface area contributed by atoms with Gasteiger partial charge in [-0.15, -0.1) is 0 Å². The zero-order valence-electron chi connectivity index (χ0n) is 7.40. The molecular weight excluding hydrogens is 138 g/mol. The van der Waals surface area contributed by atoms with Crippen molar-refractivity contribution in [2.45, 2.75) is 13.3 Å². The fourth-order valence-corrected chi connectivity index (χ4v) is 1.28. The summed E-state index contributed by atoms with van der Waals surface area (Å²) in [6.07, 6.45) is 1.23. The van der Waals surface area contributed by atoms with E-state index in [1.807, 2.05) is 0 Å². The van der Waals surface area contributed by atoms with Gasteiger partial charge in [-0.25, -0.2) is 0 Å². The van der Waals surface area contributed by atoms with Crippen LogP contribution in [0.4, 0.5) is 0 Å². The summed E-state index contributed by atoms with van der Waals surface area (Å²) >= 11 is 0. The van der Waals surface area contributed by atoms with E-state index in [0.717, 1.165) is 26.3 Å². The van der Waals surface area contributed by atoms with Crippen molar-refractivity contribution in [3.8, 4) is 0 Å². The minimum absolute atomic E-state index is 1.06. The van der Waals surface area contributed by atoms with Gasteiger partial charge >= 0.3 is 0 Å². The van der Waals surface area contributed by atoms with Crippen LogP contribution in [-0.4, -0.2) is 44.3 Å². The number of piperazine rings is 1. The van der Waals surface area contributed by atoms with Crippen LogP contribution in [0.2, 0.25) is 0 Å². The summed E-state index contributed by atoms with van der Waals surface area (Å²) in [5.41, 5.74) is 0. The van der Waals surface area contributed by atoms with Gasteiger partial charge < -0.3 is 10.6 Å². The monoisotopic (exact) mass is 157 g/mol. The molecule has 0 amide bonds. The third-order valence-corrected chi connectivity index (χ3v) is 1.97. The minimum atomic E-state index is 1.06. The van der Waals surface area contributed by atoms with Crippen LogP contribution in [0.3, 0.4) is 0 Å². The quantitative estimate of drug-likeness (QED) is 0.556. The van der Waals surface area contributed by atoms with Crippen molar-refractivity contribution in [1.29, 1.82) is 0 Å². The van der Waals surface area contributed by atoms with E-state index in [1.165, 1.54) is 19.5 Å². The summed E-state index contributed by atoms with van der Waals surface area (Å²) in [4.78, 5) is 2.45. The van der Waals surface area contributed by atoms with Crippen molar-refractivity contribution >= 4 is 0 Å². The maximum absolute atomic E-state index is 3.40. The van der Waals surface area contributed by atoms with E-state index in [0.29, 0.717) is 0 Å². The highest BCUT2D eigenvalue weighted by molar-refractivity contribution is 4.65. The van der Waals surface area contributed by atoms with Gasteiger partial charge in [-0.2, -0.15) is 0 Å². The number of nitrogens with one attached hydrogen (secondary N) is 2. The molecule has 2 N–H and O–H groups in total. The molecule has 66 valence electrons. The lowest BCUT2D eigenvalue weighted by Gasteiger charge is -2.27. The molecule has 0 aromatic rings. The molecule has 0 radical (unpaired) electrons. The smallest absolute Gasteiger partial charge is 0.0481 e. The number of rotatable bonds is 4. The Labute approximate surface area is 69.1 Å². The highest BCUT2D eigenvalue weighted by Crippen LogP contribution is 1.88. The molecule has 1 saturated heterocycles. The third-order valence-electron chi connectivity index (χ3n) is 1.97. The molecule has 11 heavy (non-hydrogen) atoms. The summed E-state index contributed by atoms with van der Waals surface area (Å²) in [6, 6.07) is 0. The molecule has 0 aromatic carbocycles. The van der Waals surface area contributed by atoms with Crippen LogP contribution in [0.25, 0.3) is 0 Å². The molecular formula is C8H19N3. The molecule has 0 aromatic heterocycles. The van der Waals surface area contributed by atoms with E-state index in [1.54, 1.807) is 0 Å². The van der Waals surface area contributed by atoms with Gasteiger partial charge in [0.2, 0.25) is 0 Å². The largest absolute Gasteiger partial charge is 0.314 e. The van der Waals surface area contributed by atoms with Gasteiger partial charge in [-0.3, -0.25) is 4.90 Å². The number of nitrogens with zero attached hydrogens (tertiary/aromatic N) is 1. The van der Waals surface area contributed by atoms with Crippen molar-refractivity contribution in [2.75, 3.05) is 39.4 Å². The Balaban J connectivity index is 1.96. The Kier molecular flexibility index (Phi) is 4.50. The molecule has 1 aliphatic heterocycles. The van der Waals surface area contributed by atoms with Gasteiger partial charge in [0.15, 0.2) is 0 Å². The summed E-state index contributed by atoms with van der Waals surface area (Å²) in [7, 11) is 0. The molecule has 1 heterocycles. The Morgan fingerprint density at radius 1 is 1.36 bits per heavy atom. The van der Waals surface area contributed by atoms with Crippen LogP contribution in [0.1, 0.15) is 13.3 Å². The van der Waals surface area contributed by atoms with E-state index in [2.05, 4.69) is 22.5 Å². The van der Waals surface area contributed by atoms with Gasteiger partial charge in [0.25, 0.3) is 0 Å². The lowest BCUT2D eigenvalue weighted by atomic mass is 10.4. The van der Waals surface area contributed by atoms with Crippen molar-refractivity contribution in [3.05, 3.63) is 0 Å². The van der Waals surface area contributed by atoms with Crippen molar-refractivity contribution < 1.29 is 0 Å². The standard InChI is InChI=1S/C8H19N3/c1-2-3-10-8-11-6-4-9-5-7-11/h9-10H,2-8H2,1H3. The molecule has 1 fully saturated rings.